The fourth-order valence-electron chi connectivity index (χ4n) is 1.32. The Morgan fingerprint density at radius 2 is 2.38 bits per heavy atom. The van der Waals surface area contributed by atoms with E-state index in [1.165, 1.54) is 0 Å². The van der Waals surface area contributed by atoms with Gasteiger partial charge in [-0.15, -0.1) is 0 Å². The largest absolute Gasteiger partial charge is 0.395 e. The zero-order valence-electron chi connectivity index (χ0n) is 9.26. The Kier molecular flexibility index (Phi) is 5.26. The molecule has 0 aliphatic rings. The maximum atomic E-state index is 8.95. The summed E-state index contributed by atoms with van der Waals surface area (Å²) in [5.41, 5.74) is 0.561. The fourth-order valence-corrected chi connectivity index (χ4v) is 1.32. The molecule has 0 saturated heterocycles. The predicted molar refractivity (Wildman–Crippen MR) is 60.1 cm³/mol. The van der Waals surface area contributed by atoms with Gasteiger partial charge in [0, 0.05) is 26.4 Å². The highest BCUT2D eigenvalue weighted by Crippen LogP contribution is 2.11. The van der Waals surface area contributed by atoms with Gasteiger partial charge in [0.05, 0.1) is 24.8 Å². The van der Waals surface area contributed by atoms with E-state index >= 15 is 0 Å². The molecule has 0 aliphatic heterocycles. The Hall–Kier alpha value is -1.64. The molecule has 86 valence electrons. The van der Waals surface area contributed by atoms with Crippen LogP contribution in [0.15, 0.2) is 18.3 Å². The second-order valence-electron chi connectivity index (χ2n) is 3.22. The number of aromatic nitrogens is 1. The number of methoxy groups -OCH3 is 1. The van der Waals surface area contributed by atoms with E-state index in [0.29, 0.717) is 31.1 Å². The monoisotopic (exact) mass is 221 g/mol. The third-order valence-electron chi connectivity index (χ3n) is 2.13. The Morgan fingerprint density at radius 3 is 3.00 bits per heavy atom. The number of nitrogens with zero attached hydrogens (tertiary/aromatic N) is 3. The average Bonchev–Trinajstić information content (AvgIpc) is 2.34. The van der Waals surface area contributed by atoms with Crippen LogP contribution in [0.1, 0.15) is 5.56 Å². The zero-order chi connectivity index (χ0) is 11.8. The molecular weight excluding hydrogens is 206 g/mol. The van der Waals surface area contributed by atoms with E-state index in [0.717, 1.165) is 0 Å². The molecule has 0 radical (unpaired) electrons. The second kappa shape index (κ2) is 6.77. The van der Waals surface area contributed by atoms with Crippen LogP contribution >= 0.6 is 0 Å². The van der Waals surface area contributed by atoms with Crippen molar-refractivity contribution in [3.63, 3.8) is 0 Å². The minimum Gasteiger partial charge on any atom is -0.395 e. The predicted octanol–water partition coefficient (Wildman–Crippen LogP) is 0.398. The molecule has 1 aromatic rings. The third-order valence-corrected chi connectivity index (χ3v) is 2.13. The first kappa shape index (κ1) is 12.4. The van der Waals surface area contributed by atoms with Gasteiger partial charge in [0.15, 0.2) is 0 Å². The van der Waals surface area contributed by atoms with Crippen LogP contribution in [-0.4, -0.2) is 43.5 Å². The number of aliphatic hydroxyl groups is 1. The molecule has 0 saturated carbocycles. The number of ether oxygens (including phenoxy) is 1. The number of nitriles is 1. The van der Waals surface area contributed by atoms with Crippen LogP contribution in [0, 0.1) is 11.3 Å². The third kappa shape index (κ3) is 3.50. The highest BCUT2D eigenvalue weighted by atomic mass is 16.5. The topological polar surface area (TPSA) is 69.4 Å². The van der Waals surface area contributed by atoms with Crippen LogP contribution in [0.25, 0.3) is 0 Å². The van der Waals surface area contributed by atoms with Gasteiger partial charge in [-0.1, -0.05) is 0 Å². The van der Waals surface area contributed by atoms with Crippen LogP contribution in [-0.2, 0) is 4.74 Å². The van der Waals surface area contributed by atoms with E-state index in [1.807, 2.05) is 4.90 Å². The van der Waals surface area contributed by atoms with E-state index in [4.69, 9.17) is 15.1 Å². The summed E-state index contributed by atoms with van der Waals surface area (Å²) in [6.45, 7) is 1.71. The first-order chi connectivity index (χ1) is 7.81. The lowest BCUT2D eigenvalue weighted by atomic mass is 10.3. The summed E-state index contributed by atoms with van der Waals surface area (Å²) in [6, 6.07) is 5.41. The first-order valence-corrected chi connectivity index (χ1v) is 5.02. The Labute approximate surface area is 94.9 Å². The Balaban J connectivity index is 2.79. The second-order valence-corrected chi connectivity index (χ2v) is 3.22. The van der Waals surface area contributed by atoms with Crippen LogP contribution in [0.5, 0.6) is 0 Å². The van der Waals surface area contributed by atoms with Gasteiger partial charge < -0.3 is 14.7 Å². The zero-order valence-corrected chi connectivity index (χ0v) is 9.26. The van der Waals surface area contributed by atoms with Crippen molar-refractivity contribution >= 4 is 5.82 Å². The number of pyridine rings is 1. The highest BCUT2D eigenvalue weighted by molar-refractivity contribution is 5.44. The first-order valence-electron chi connectivity index (χ1n) is 5.02. The molecular formula is C11H15N3O2. The molecule has 1 heterocycles. The van der Waals surface area contributed by atoms with Crippen LogP contribution in [0.4, 0.5) is 5.82 Å². The average molecular weight is 221 g/mol. The lowest BCUT2D eigenvalue weighted by molar-refractivity contribution is 0.202. The summed E-state index contributed by atoms with van der Waals surface area (Å²) in [5, 5.41) is 17.7. The van der Waals surface area contributed by atoms with Gasteiger partial charge in [-0.2, -0.15) is 5.26 Å². The van der Waals surface area contributed by atoms with Crippen molar-refractivity contribution in [2.75, 3.05) is 38.3 Å². The lowest BCUT2D eigenvalue weighted by Gasteiger charge is -2.22. The molecule has 0 aliphatic carbocycles. The van der Waals surface area contributed by atoms with Gasteiger partial charge >= 0.3 is 0 Å². The maximum absolute atomic E-state index is 8.95. The molecule has 1 rings (SSSR count). The van der Waals surface area contributed by atoms with E-state index in [-0.39, 0.29) is 6.61 Å². The number of aliphatic hydroxyl groups excluding tert-OH is 1. The molecule has 5 nitrogen and oxygen atoms in total. The number of rotatable bonds is 6. The van der Waals surface area contributed by atoms with Crippen molar-refractivity contribution in [2.45, 2.75) is 0 Å². The van der Waals surface area contributed by atoms with Gasteiger partial charge in [-0.25, -0.2) is 4.98 Å². The standard InChI is InChI=1S/C11H15N3O2/c1-16-7-5-14(4-6-15)11-8-10(9-12)2-3-13-11/h2-3,8,15H,4-7H2,1H3. The smallest absolute Gasteiger partial charge is 0.129 e. The SMILES string of the molecule is COCCN(CCO)c1cc(C#N)ccn1. The fraction of sp³-hybridized carbons (Fsp3) is 0.455. The van der Waals surface area contributed by atoms with Gasteiger partial charge in [-0.05, 0) is 12.1 Å². The lowest BCUT2D eigenvalue weighted by Crippen LogP contribution is -2.30. The summed E-state index contributed by atoms with van der Waals surface area (Å²) in [5.74, 6) is 0.685. The molecule has 0 spiro atoms. The number of hydrogen-bond donors (Lipinski definition) is 1. The van der Waals surface area contributed by atoms with Crippen LogP contribution in [0.2, 0.25) is 0 Å². The highest BCUT2D eigenvalue weighted by Gasteiger charge is 2.07. The van der Waals surface area contributed by atoms with Gasteiger partial charge in [0.2, 0.25) is 0 Å². The summed E-state index contributed by atoms with van der Waals surface area (Å²) in [7, 11) is 1.62. The molecule has 1 N–H and O–H groups in total. The van der Waals surface area contributed by atoms with Crippen molar-refractivity contribution < 1.29 is 9.84 Å². The van der Waals surface area contributed by atoms with Gasteiger partial charge in [0.1, 0.15) is 5.82 Å². The molecule has 5 heteroatoms. The van der Waals surface area contributed by atoms with Crippen LogP contribution < -0.4 is 4.90 Å². The molecule has 0 fully saturated rings. The molecule has 0 aromatic carbocycles. The normalized spacial score (nSPS) is 9.81. The molecule has 0 bridgehead atoms. The van der Waals surface area contributed by atoms with E-state index in [9.17, 15) is 0 Å². The number of anilines is 1. The number of hydrogen-bond acceptors (Lipinski definition) is 5. The van der Waals surface area contributed by atoms with Gasteiger partial charge in [0.25, 0.3) is 0 Å². The summed E-state index contributed by atoms with van der Waals surface area (Å²) in [4.78, 5) is 6.05. The van der Waals surface area contributed by atoms with E-state index in [1.54, 1.807) is 25.4 Å². The molecule has 0 atom stereocenters. The van der Waals surface area contributed by atoms with Crippen molar-refractivity contribution in [1.29, 1.82) is 5.26 Å². The minimum atomic E-state index is 0.0438. The summed E-state index contributed by atoms with van der Waals surface area (Å²) < 4.78 is 4.98. The van der Waals surface area contributed by atoms with Crippen molar-refractivity contribution in [3.05, 3.63) is 23.9 Å². The van der Waals surface area contributed by atoms with E-state index in [2.05, 4.69) is 11.1 Å². The van der Waals surface area contributed by atoms with Crippen molar-refractivity contribution in [2.24, 2.45) is 0 Å². The minimum absolute atomic E-state index is 0.0438. The molecule has 16 heavy (non-hydrogen) atoms. The molecule has 0 amide bonds. The van der Waals surface area contributed by atoms with Gasteiger partial charge in [-0.3, -0.25) is 0 Å². The van der Waals surface area contributed by atoms with Crippen molar-refractivity contribution in [3.8, 4) is 6.07 Å². The Morgan fingerprint density at radius 1 is 1.56 bits per heavy atom. The quantitative estimate of drug-likeness (QED) is 0.753. The molecule has 1 aromatic heterocycles. The van der Waals surface area contributed by atoms with Crippen LogP contribution in [0.3, 0.4) is 0 Å². The maximum Gasteiger partial charge on any atom is 0.129 e. The molecule has 0 unspecified atom stereocenters. The summed E-state index contributed by atoms with van der Waals surface area (Å²) >= 11 is 0. The van der Waals surface area contributed by atoms with E-state index < -0.39 is 0 Å². The van der Waals surface area contributed by atoms with Crippen molar-refractivity contribution in [1.82, 2.24) is 4.98 Å². The summed E-state index contributed by atoms with van der Waals surface area (Å²) in [6.07, 6.45) is 1.59. The Bertz CT molecular complexity index is 362.